The molecule has 1 fully saturated rings. The van der Waals surface area contributed by atoms with Gasteiger partial charge in [-0.1, -0.05) is 13.8 Å². The molecule has 1 aliphatic rings. The standard InChI is InChI=1S/C38H73N19O8/c1-20(2)19-26(31(61)53-23(10-5-15-49-36(42)43)29(59)52-21(3)34(64)65)56-30(60)24(11-6-16-50-37(44)45)54-32(62)27-13-8-18-57(27)33(63)25(12-7-17-51-38(46)47)55-28(58)22(39)9-4-14-48-35(40)41/h20-27H,4-19,39H2,1-3H3,(H,52,59)(H,53,61)(H,54,62)(H,55,58)(H,56,60)(H,64,65)(H4,40,41,48)(H4,42,43,49)(H4,44,45,50)(H4,46,47,51)/t21-,22-,23-,24-,25-,26-,27-/m0/s1. The number of nitrogens with two attached hydrogens (primary N) is 9. The summed E-state index contributed by atoms with van der Waals surface area (Å²) in [6, 6.07) is -8.19. The van der Waals surface area contributed by atoms with Gasteiger partial charge in [0, 0.05) is 32.7 Å². The number of carbonyl (C=O) groups excluding carboxylic acids is 6. The SMILES string of the molecule is CC(C)C[C@H](NC(=O)[C@H](CCCN=C(N)N)NC(=O)[C@@H]1CCCN1C(=O)[C@H](CCCN=C(N)N)NC(=O)[C@@H](N)CCCN=C(N)N)C(=O)N[C@@H](CCCN=C(N)N)C(=O)N[C@@H](C)C(=O)O. The molecule has 0 saturated carbocycles. The van der Waals surface area contributed by atoms with Gasteiger partial charge in [-0.3, -0.25) is 53.5 Å². The van der Waals surface area contributed by atoms with Crippen LogP contribution in [0, 0.1) is 5.92 Å². The van der Waals surface area contributed by atoms with Crippen LogP contribution in [-0.4, -0.2) is 150 Å². The van der Waals surface area contributed by atoms with Crippen molar-refractivity contribution in [2.24, 2.45) is 77.5 Å². The lowest BCUT2D eigenvalue weighted by Gasteiger charge is -2.31. The summed E-state index contributed by atoms with van der Waals surface area (Å²) in [6.07, 6.45) is 2.17. The highest BCUT2D eigenvalue weighted by molar-refractivity contribution is 5.97. The fourth-order valence-electron chi connectivity index (χ4n) is 6.63. The quantitative estimate of drug-likeness (QED) is 0.0181. The number of likely N-dealkylation sites (tertiary alicyclic amines) is 1. The molecule has 0 aromatic heterocycles. The topological polar surface area (TPSA) is 487 Å². The van der Waals surface area contributed by atoms with Crippen molar-refractivity contribution < 1.29 is 38.7 Å². The van der Waals surface area contributed by atoms with Gasteiger partial charge in [-0.05, 0) is 83.5 Å². The van der Waals surface area contributed by atoms with Gasteiger partial charge in [0.2, 0.25) is 35.4 Å². The van der Waals surface area contributed by atoms with Crippen LogP contribution in [0.3, 0.4) is 0 Å². The fraction of sp³-hybridized carbons (Fsp3) is 0.711. The Kier molecular flexibility index (Phi) is 25.7. The van der Waals surface area contributed by atoms with Crippen molar-refractivity contribution in [1.29, 1.82) is 0 Å². The van der Waals surface area contributed by atoms with Crippen molar-refractivity contribution in [2.45, 2.75) is 134 Å². The Bertz CT molecular complexity index is 1710. The lowest BCUT2D eigenvalue weighted by Crippen LogP contribution is -2.59. The molecule has 368 valence electrons. The largest absolute Gasteiger partial charge is 0.480 e. The summed E-state index contributed by atoms with van der Waals surface area (Å²) in [6.45, 7) is 5.62. The van der Waals surface area contributed by atoms with Crippen LogP contribution >= 0.6 is 0 Å². The van der Waals surface area contributed by atoms with Gasteiger partial charge in [-0.2, -0.15) is 0 Å². The van der Waals surface area contributed by atoms with E-state index < -0.39 is 83.7 Å². The first kappa shape index (κ1) is 56.3. The molecule has 0 aromatic carbocycles. The van der Waals surface area contributed by atoms with E-state index in [4.69, 9.17) is 51.6 Å². The van der Waals surface area contributed by atoms with E-state index >= 15 is 0 Å². The van der Waals surface area contributed by atoms with Crippen LogP contribution in [0.2, 0.25) is 0 Å². The van der Waals surface area contributed by atoms with Gasteiger partial charge in [-0.15, -0.1) is 0 Å². The van der Waals surface area contributed by atoms with E-state index in [0.717, 1.165) is 0 Å². The average molecular weight is 924 g/mol. The molecule has 65 heavy (non-hydrogen) atoms. The minimum Gasteiger partial charge on any atom is -0.480 e. The van der Waals surface area contributed by atoms with Crippen LogP contribution in [0.1, 0.15) is 91.4 Å². The van der Waals surface area contributed by atoms with Crippen LogP contribution in [0.15, 0.2) is 20.0 Å². The van der Waals surface area contributed by atoms with Crippen LogP contribution in [0.4, 0.5) is 0 Å². The van der Waals surface area contributed by atoms with E-state index in [9.17, 15) is 38.7 Å². The third-order valence-electron chi connectivity index (χ3n) is 9.93. The van der Waals surface area contributed by atoms with E-state index in [1.54, 1.807) is 13.8 Å². The van der Waals surface area contributed by atoms with Crippen LogP contribution in [0.25, 0.3) is 0 Å². The molecule has 0 bridgehead atoms. The summed E-state index contributed by atoms with van der Waals surface area (Å²) in [7, 11) is 0. The fourth-order valence-corrected chi connectivity index (χ4v) is 6.63. The minimum absolute atomic E-state index is 0.00150. The minimum atomic E-state index is -1.30. The molecule has 27 heteroatoms. The number of carbonyl (C=O) groups is 7. The number of carboxylic acids is 1. The highest BCUT2D eigenvalue weighted by atomic mass is 16.4. The summed E-state index contributed by atoms with van der Waals surface area (Å²) in [5.74, 6) is -6.23. The number of nitrogens with zero attached hydrogens (tertiary/aromatic N) is 5. The van der Waals surface area contributed by atoms with Gasteiger partial charge in [0.05, 0.1) is 6.04 Å². The van der Waals surface area contributed by atoms with Crippen LogP contribution < -0.4 is 78.2 Å². The van der Waals surface area contributed by atoms with E-state index in [-0.39, 0.29) is 120 Å². The zero-order chi connectivity index (χ0) is 49.2. The number of carboxylic acid groups (broad SMARTS) is 1. The first-order valence-corrected chi connectivity index (χ1v) is 21.6. The summed E-state index contributed by atoms with van der Waals surface area (Å²) in [4.78, 5) is 111. The molecule has 1 rings (SSSR count). The second-order valence-electron chi connectivity index (χ2n) is 16.0. The first-order valence-electron chi connectivity index (χ1n) is 21.6. The van der Waals surface area contributed by atoms with E-state index in [1.165, 1.54) is 11.8 Å². The molecule has 1 saturated heterocycles. The monoisotopic (exact) mass is 924 g/mol. The van der Waals surface area contributed by atoms with Gasteiger partial charge >= 0.3 is 5.97 Å². The van der Waals surface area contributed by atoms with Crippen molar-refractivity contribution in [1.82, 2.24) is 31.5 Å². The Morgan fingerprint density at radius 2 is 0.969 bits per heavy atom. The second-order valence-corrected chi connectivity index (χ2v) is 16.0. The molecular weight excluding hydrogens is 851 g/mol. The van der Waals surface area contributed by atoms with Crippen molar-refractivity contribution in [3.05, 3.63) is 0 Å². The second kappa shape index (κ2) is 29.6. The summed E-state index contributed by atoms with van der Waals surface area (Å²) in [5.41, 5.74) is 49.6. The smallest absolute Gasteiger partial charge is 0.325 e. The zero-order valence-electron chi connectivity index (χ0n) is 37.7. The van der Waals surface area contributed by atoms with Gasteiger partial charge in [0.1, 0.15) is 36.3 Å². The molecule has 0 spiro atoms. The third kappa shape index (κ3) is 23.0. The summed E-state index contributed by atoms with van der Waals surface area (Å²) >= 11 is 0. The maximum Gasteiger partial charge on any atom is 0.325 e. The summed E-state index contributed by atoms with van der Waals surface area (Å²) in [5, 5.41) is 22.5. The van der Waals surface area contributed by atoms with E-state index in [2.05, 4.69) is 46.6 Å². The zero-order valence-corrected chi connectivity index (χ0v) is 37.7. The normalized spacial score (nSPS) is 16.0. The summed E-state index contributed by atoms with van der Waals surface area (Å²) < 4.78 is 0. The van der Waals surface area contributed by atoms with E-state index in [0.29, 0.717) is 12.8 Å². The molecular formula is C38H73N19O8. The van der Waals surface area contributed by atoms with Gasteiger partial charge in [-0.25, -0.2) is 0 Å². The van der Waals surface area contributed by atoms with E-state index in [1.807, 2.05) is 0 Å². The number of guanidine groups is 4. The highest BCUT2D eigenvalue weighted by Gasteiger charge is 2.39. The van der Waals surface area contributed by atoms with Crippen molar-refractivity contribution in [3.8, 4) is 0 Å². The van der Waals surface area contributed by atoms with Gasteiger partial charge in [0.25, 0.3) is 0 Å². The Labute approximate surface area is 378 Å². The Morgan fingerprint density at radius 1 is 0.569 bits per heavy atom. The number of hydrogen-bond acceptors (Lipinski definition) is 12. The molecule has 7 atom stereocenters. The lowest BCUT2D eigenvalue weighted by molar-refractivity contribution is -0.142. The predicted molar refractivity (Wildman–Crippen MR) is 245 cm³/mol. The van der Waals surface area contributed by atoms with Gasteiger partial charge < -0.3 is 88.2 Å². The Balaban J connectivity index is 3.39. The first-order chi connectivity index (χ1) is 30.5. The molecule has 0 unspecified atom stereocenters. The number of nitrogens with one attached hydrogen (secondary N) is 5. The molecule has 6 amide bonds. The third-order valence-corrected chi connectivity index (χ3v) is 9.93. The van der Waals surface area contributed by atoms with Crippen LogP contribution in [-0.2, 0) is 33.6 Å². The molecule has 0 aliphatic carbocycles. The highest BCUT2D eigenvalue weighted by Crippen LogP contribution is 2.21. The van der Waals surface area contributed by atoms with Gasteiger partial charge in [0.15, 0.2) is 23.8 Å². The number of rotatable bonds is 30. The number of aliphatic carboxylic acids is 1. The maximum absolute atomic E-state index is 14.2. The van der Waals surface area contributed by atoms with Crippen LogP contribution in [0.5, 0.6) is 0 Å². The molecule has 0 aromatic rings. The molecule has 1 heterocycles. The maximum atomic E-state index is 14.2. The van der Waals surface area contributed by atoms with Crippen molar-refractivity contribution in [2.75, 3.05) is 32.7 Å². The van der Waals surface area contributed by atoms with Crippen molar-refractivity contribution in [3.63, 3.8) is 0 Å². The Morgan fingerprint density at radius 3 is 1.43 bits per heavy atom. The lowest BCUT2D eigenvalue weighted by atomic mass is 10.0. The number of hydrogen-bond donors (Lipinski definition) is 15. The number of aliphatic imine (C=N–C) groups is 4. The average Bonchev–Trinajstić information content (AvgIpc) is 3.71. The molecule has 24 N–H and O–H groups in total. The molecule has 0 radical (unpaired) electrons. The molecule has 27 nitrogen and oxygen atoms in total. The Hall–Kier alpha value is -6.67. The number of amides is 6. The van der Waals surface area contributed by atoms with Crippen molar-refractivity contribution >= 4 is 65.3 Å². The predicted octanol–water partition coefficient (Wildman–Crippen LogP) is -5.91. The molecule has 1 aliphatic heterocycles.